The first-order valence-electron chi connectivity index (χ1n) is 11.9. The molecule has 0 unspecified atom stereocenters. The molecule has 0 radical (unpaired) electrons. The molecule has 0 spiro atoms. The number of primary amides is 1. The van der Waals surface area contributed by atoms with Crippen LogP contribution < -0.4 is 10.5 Å². The van der Waals surface area contributed by atoms with Gasteiger partial charge in [-0.1, -0.05) is 78.9 Å². The van der Waals surface area contributed by atoms with Gasteiger partial charge in [-0.25, -0.2) is 0 Å². The molecule has 6 rings (SSSR count). The summed E-state index contributed by atoms with van der Waals surface area (Å²) in [6.07, 6.45) is 0. The number of hydrogen-bond acceptors (Lipinski definition) is 2. The number of ether oxygens (including phenoxy) is 1. The van der Waals surface area contributed by atoms with Crippen LogP contribution in [0.5, 0.6) is 11.5 Å². The molecule has 0 bridgehead atoms. The van der Waals surface area contributed by atoms with E-state index in [0.717, 1.165) is 50.0 Å². The molecule has 174 valence electrons. The average Bonchev–Trinajstić information content (AvgIpc) is 3.23. The molecular weight excluding hydrogens is 444 g/mol. The van der Waals surface area contributed by atoms with Gasteiger partial charge in [-0.15, -0.1) is 0 Å². The van der Waals surface area contributed by atoms with E-state index in [4.69, 9.17) is 10.5 Å². The molecule has 0 atom stereocenters. The second-order valence-corrected chi connectivity index (χ2v) is 8.81. The van der Waals surface area contributed by atoms with E-state index in [1.54, 1.807) is 6.07 Å². The SMILES string of the molecule is NC(=O)c1cccc2c1c1ccc(-c3ccccc3)cc1n2Cc1ccc(Oc2ccccc2)cc1. The number of amides is 1. The number of hydrogen-bond donors (Lipinski definition) is 1. The highest BCUT2D eigenvalue weighted by Crippen LogP contribution is 2.35. The van der Waals surface area contributed by atoms with Crippen LogP contribution in [0.15, 0.2) is 121 Å². The molecule has 0 saturated carbocycles. The van der Waals surface area contributed by atoms with Crippen molar-refractivity contribution in [1.29, 1.82) is 0 Å². The molecule has 6 aromatic rings. The van der Waals surface area contributed by atoms with Crippen molar-refractivity contribution in [2.75, 3.05) is 0 Å². The number of benzene rings is 5. The van der Waals surface area contributed by atoms with Gasteiger partial charge in [0.2, 0.25) is 5.91 Å². The molecule has 1 aromatic heterocycles. The van der Waals surface area contributed by atoms with Crippen LogP contribution in [0, 0.1) is 0 Å². The van der Waals surface area contributed by atoms with Crippen molar-refractivity contribution in [1.82, 2.24) is 4.57 Å². The van der Waals surface area contributed by atoms with Gasteiger partial charge < -0.3 is 15.0 Å². The Labute approximate surface area is 209 Å². The predicted molar refractivity (Wildman–Crippen MR) is 145 cm³/mol. The number of fused-ring (bicyclic) bond motifs is 3. The van der Waals surface area contributed by atoms with Crippen molar-refractivity contribution in [3.63, 3.8) is 0 Å². The number of carbonyl (C=O) groups excluding carboxylic acids is 1. The van der Waals surface area contributed by atoms with Gasteiger partial charge in [0.15, 0.2) is 0 Å². The Morgan fingerprint density at radius 1 is 0.667 bits per heavy atom. The first kappa shape index (κ1) is 21.7. The van der Waals surface area contributed by atoms with Gasteiger partial charge in [0, 0.05) is 22.9 Å². The molecule has 4 nitrogen and oxygen atoms in total. The van der Waals surface area contributed by atoms with Crippen LogP contribution >= 0.6 is 0 Å². The highest BCUT2D eigenvalue weighted by Gasteiger charge is 2.17. The van der Waals surface area contributed by atoms with E-state index in [1.807, 2.05) is 66.7 Å². The second-order valence-electron chi connectivity index (χ2n) is 8.81. The van der Waals surface area contributed by atoms with Crippen molar-refractivity contribution in [3.05, 3.63) is 132 Å². The topological polar surface area (TPSA) is 57.2 Å². The van der Waals surface area contributed by atoms with E-state index in [9.17, 15) is 4.79 Å². The number of rotatable bonds is 6. The summed E-state index contributed by atoms with van der Waals surface area (Å²) in [5.41, 5.74) is 11.8. The Hall–Kier alpha value is -4.83. The molecule has 0 fully saturated rings. The van der Waals surface area contributed by atoms with Gasteiger partial charge in [-0.2, -0.15) is 0 Å². The van der Waals surface area contributed by atoms with E-state index in [2.05, 4.69) is 53.1 Å². The first-order chi connectivity index (χ1) is 17.7. The summed E-state index contributed by atoms with van der Waals surface area (Å²) in [5, 5.41) is 1.91. The Balaban J connectivity index is 1.45. The van der Waals surface area contributed by atoms with E-state index in [1.165, 1.54) is 0 Å². The van der Waals surface area contributed by atoms with Crippen LogP contribution in [0.3, 0.4) is 0 Å². The predicted octanol–water partition coefficient (Wildman–Crippen LogP) is 7.40. The van der Waals surface area contributed by atoms with Crippen LogP contribution in [-0.2, 0) is 6.54 Å². The fourth-order valence-electron chi connectivity index (χ4n) is 4.80. The number of para-hydroxylation sites is 1. The standard InChI is InChI=1S/C32H24N2O2/c33-32(35)28-12-7-13-29-31(28)27-19-16-24(23-8-3-1-4-9-23)20-30(27)34(29)21-22-14-17-26(18-15-22)36-25-10-5-2-6-11-25/h1-20H,21H2,(H2,33,35). The van der Waals surface area contributed by atoms with E-state index in [-0.39, 0.29) is 0 Å². The van der Waals surface area contributed by atoms with Crippen LogP contribution in [0.25, 0.3) is 32.9 Å². The Morgan fingerprint density at radius 3 is 2.08 bits per heavy atom. The van der Waals surface area contributed by atoms with Crippen molar-refractivity contribution < 1.29 is 9.53 Å². The first-order valence-corrected chi connectivity index (χ1v) is 11.9. The lowest BCUT2D eigenvalue weighted by Gasteiger charge is -2.11. The fraction of sp³-hybridized carbons (Fsp3) is 0.0312. The Kier molecular flexibility index (Phi) is 5.47. The van der Waals surface area contributed by atoms with Gasteiger partial charge in [0.05, 0.1) is 11.0 Å². The van der Waals surface area contributed by atoms with Gasteiger partial charge in [-0.3, -0.25) is 4.79 Å². The fourth-order valence-corrected chi connectivity index (χ4v) is 4.80. The molecule has 1 amide bonds. The maximum absolute atomic E-state index is 12.3. The molecule has 1 heterocycles. The van der Waals surface area contributed by atoms with E-state index >= 15 is 0 Å². The van der Waals surface area contributed by atoms with Crippen LogP contribution in [-0.4, -0.2) is 10.5 Å². The summed E-state index contributed by atoms with van der Waals surface area (Å²) in [6.45, 7) is 0.645. The zero-order valence-corrected chi connectivity index (χ0v) is 19.6. The summed E-state index contributed by atoms with van der Waals surface area (Å²) in [6, 6.07) is 40.3. The normalized spacial score (nSPS) is 11.1. The number of aromatic nitrogens is 1. The summed E-state index contributed by atoms with van der Waals surface area (Å²) in [5.74, 6) is 1.17. The van der Waals surface area contributed by atoms with Crippen LogP contribution in [0.1, 0.15) is 15.9 Å². The zero-order chi connectivity index (χ0) is 24.5. The Morgan fingerprint density at radius 2 is 1.36 bits per heavy atom. The molecule has 36 heavy (non-hydrogen) atoms. The number of carbonyl (C=O) groups is 1. The van der Waals surface area contributed by atoms with Gasteiger partial charge in [0.1, 0.15) is 11.5 Å². The second kappa shape index (κ2) is 9.08. The molecule has 0 saturated heterocycles. The van der Waals surface area contributed by atoms with E-state index in [0.29, 0.717) is 12.1 Å². The third-order valence-corrected chi connectivity index (χ3v) is 6.51. The number of nitrogens with zero attached hydrogens (tertiary/aromatic N) is 1. The van der Waals surface area contributed by atoms with Gasteiger partial charge in [-0.05, 0) is 59.2 Å². The van der Waals surface area contributed by atoms with Crippen molar-refractivity contribution in [3.8, 4) is 22.6 Å². The third kappa shape index (κ3) is 3.99. The minimum absolute atomic E-state index is 0.422. The molecule has 0 aliphatic carbocycles. The monoisotopic (exact) mass is 468 g/mol. The van der Waals surface area contributed by atoms with Gasteiger partial charge in [0.25, 0.3) is 0 Å². The quantitative estimate of drug-likeness (QED) is 0.277. The lowest BCUT2D eigenvalue weighted by atomic mass is 10.0. The van der Waals surface area contributed by atoms with Crippen molar-refractivity contribution in [2.45, 2.75) is 6.54 Å². The van der Waals surface area contributed by atoms with Crippen LogP contribution in [0.2, 0.25) is 0 Å². The average molecular weight is 469 g/mol. The maximum Gasteiger partial charge on any atom is 0.249 e. The summed E-state index contributed by atoms with van der Waals surface area (Å²) in [7, 11) is 0. The molecule has 5 aromatic carbocycles. The number of nitrogens with two attached hydrogens (primary N) is 1. The molecule has 4 heteroatoms. The summed E-state index contributed by atoms with van der Waals surface area (Å²) >= 11 is 0. The van der Waals surface area contributed by atoms with Gasteiger partial charge >= 0.3 is 0 Å². The van der Waals surface area contributed by atoms with Crippen molar-refractivity contribution >= 4 is 27.7 Å². The van der Waals surface area contributed by atoms with Crippen LogP contribution in [0.4, 0.5) is 0 Å². The van der Waals surface area contributed by atoms with Crippen molar-refractivity contribution in [2.24, 2.45) is 5.73 Å². The summed E-state index contributed by atoms with van der Waals surface area (Å²) < 4.78 is 8.22. The highest BCUT2D eigenvalue weighted by atomic mass is 16.5. The largest absolute Gasteiger partial charge is 0.457 e. The Bertz CT molecular complexity index is 1690. The minimum atomic E-state index is -0.422. The van der Waals surface area contributed by atoms with E-state index < -0.39 is 5.91 Å². The molecule has 0 aliphatic rings. The lowest BCUT2D eigenvalue weighted by Crippen LogP contribution is -2.11. The smallest absolute Gasteiger partial charge is 0.249 e. The third-order valence-electron chi connectivity index (χ3n) is 6.51. The molecule has 0 aliphatic heterocycles. The highest BCUT2D eigenvalue weighted by molar-refractivity contribution is 6.18. The minimum Gasteiger partial charge on any atom is -0.457 e. The molecule has 2 N–H and O–H groups in total. The zero-order valence-electron chi connectivity index (χ0n) is 19.6. The molecular formula is C32H24N2O2. The lowest BCUT2D eigenvalue weighted by molar-refractivity contribution is 0.100. The maximum atomic E-state index is 12.3. The summed E-state index contributed by atoms with van der Waals surface area (Å²) in [4.78, 5) is 12.3.